The zero-order valence-electron chi connectivity index (χ0n) is 21.3. The molecule has 8 heteroatoms. The van der Waals surface area contributed by atoms with E-state index in [0.29, 0.717) is 42.7 Å². The first-order chi connectivity index (χ1) is 18.5. The fraction of sp³-hybridized carbons (Fsp3) is 0.433. The smallest absolute Gasteiger partial charge is 0.407 e. The lowest BCUT2D eigenvalue weighted by Crippen LogP contribution is -2.44. The molecule has 3 aromatic rings. The fourth-order valence-corrected chi connectivity index (χ4v) is 6.98. The number of hydrogen-bond donors (Lipinski definition) is 2. The van der Waals surface area contributed by atoms with Gasteiger partial charge in [-0.05, 0) is 73.3 Å². The Hall–Kier alpha value is -3.65. The quantitative estimate of drug-likeness (QED) is 0.508. The van der Waals surface area contributed by atoms with Crippen LogP contribution in [0.15, 0.2) is 73.1 Å². The number of nitrogens with zero attached hydrogens (tertiary/aromatic N) is 4. The molecule has 0 bridgehead atoms. The molecule has 198 valence electrons. The number of carboxylic acid groups (broad SMARTS) is 1. The van der Waals surface area contributed by atoms with Gasteiger partial charge in [0, 0.05) is 37.1 Å². The van der Waals surface area contributed by atoms with Crippen LogP contribution in [0, 0.1) is 11.8 Å². The molecule has 3 unspecified atom stereocenters. The number of benzene rings is 2. The van der Waals surface area contributed by atoms with E-state index in [9.17, 15) is 19.8 Å². The molecule has 1 aliphatic carbocycles. The number of amides is 2. The molecule has 2 aliphatic heterocycles. The van der Waals surface area contributed by atoms with E-state index in [1.54, 1.807) is 0 Å². The van der Waals surface area contributed by atoms with Gasteiger partial charge in [0.25, 0.3) is 5.91 Å². The van der Waals surface area contributed by atoms with Gasteiger partial charge < -0.3 is 15.1 Å². The Labute approximate surface area is 222 Å². The number of carbonyl (C=O) groups excluding carboxylic acids is 1. The van der Waals surface area contributed by atoms with Crippen LogP contribution in [0.2, 0.25) is 0 Å². The van der Waals surface area contributed by atoms with Gasteiger partial charge in [0.15, 0.2) is 0 Å². The summed E-state index contributed by atoms with van der Waals surface area (Å²) in [4.78, 5) is 28.8. The lowest BCUT2D eigenvalue weighted by molar-refractivity contribution is 0.0540. The molecule has 0 radical (unpaired) electrons. The van der Waals surface area contributed by atoms with Crippen molar-refractivity contribution in [3.05, 3.63) is 89.7 Å². The molecule has 6 rings (SSSR count). The molecule has 2 amide bonds. The van der Waals surface area contributed by atoms with Gasteiger partial charge in [-0.25, -0.2) is 4.79 Å². The van der Waals surface area contributed by atoms with Gasteiger partial charge in [0.1, 0.15) is 0 Å². The summed E-state index contributed by atoms with van der Waals surface area (Å²) in [5.41, 5.74) is 2.40. The van der Waals surface area contributed by atoms with Crippen LogP contribution < -0.4 is 0 Å². The van der Waals surface area contributed by atoms with E-state index < -0.39 is 18.2 Å². The Morgan fingerprint density at radius 1 is 0.947 bits per heavy atom. The molecule has 2 N–H and O–H groups in total. The monoisotopic (exact) mass is 514 g/mol. The number of hydrogen-bond acceptors (Lipinski definition) is 4. The average Bonchev–Trinajstić information content (AvgIpc) is 3.72. The van der Waals surface area contributed by atoms with Gasteiger partial charge in [-0.2, -0.15) is 5.10 Å². The molecule has 1 aromatic heterocycles. The zero-order valence-corrected chi connectivity index (χ0v) is 21.3. The Balaban J connectivity index is 1.07. The minimum absolute atomic E-state index is 0.0701. The van der Waals surface area contributed by atoms with Crippen molar-refractivity contribution in [2.45, 2.75) is 56.3 Å². The third-order valence-corrected chi connectivity index (χ3v) is 8.86. The number of carbonyl (C=O) groups is 2. The standard InChI is InChI=1S/C30H34N4O4/c35-28(21-5-2-1-3-6-21)27-12-11-25(34(27)30(37)38)15-20-7-9-22(10-8-20)29(36)32-18-23-16-26(17-24(23)19-32)33-14-4-13-31-33/h1-10,13-14,23-28,35H,11-12,15-19H2,(H,37,38)/t23?,24?,25-,26?,27+,28?/m0/s1. The normalized spacial score (nSPS) is 27.4. The second-order valence-electron chi connectivity index (χ2n) is 11.1. The number of likely N-dealkylation sites (tertiary alicyclic amines) is 2. The predicted octanol–water partition coefficient (Wildman–Crippen LogP) is 4.39. The Kier molecular flexibility index (Phi) is 6.66. The van der Waals surface area contributed by atoms with E-state index >= 15 is 0 Å². The molecule has 38 heavy (non-hydrogen) atoms. The molecule has 2 aromatic carbocycles. The van der Waals surface area contributed by atoms with E-state index in [0.717, 1.165) is 37.1 Å². The van der Waals surface area contributed by atoms with E-state index in [1.807, 2.05) is 78.0 Å². The lowest BCUT2D eigenvalue weighted by atomic mass is 10.0. The largest absolute Gasteiger partial charge is 0.465 e. The van der Waals surface area contributed by atoms with Gasteiger partial charge in [-0.15, -0.1) is 0 Å². The van der Waals surface area contributed by atoms with Crippen molar-refractivity contribution >= 4 is 12.0 Å². The summed E-state index contributed by atoms with van der Waals surface area (Å²) in [6.45, 7) is 1.59. The van der Waals surface area contributed by atoms with Crippen LogP contribution in [-0.4, -0.2) is 67.0 Å². The Morgan fingerprint density at radius 2 is 1.66 bits per heavy atom. The maximum atomic E-state index is 13.2. The van der Waals surface area contributed by atoms with Crippen LogP contribution in [0.25, 0.3) is 0 Å². The summed E-state index contributed by atoms with van der Waals surface area (Å²) in [6.07, 6.45) is 5.99. The molecule has 3 heterocycles. The van der Waals surface area contributed by atoms with Crippen molar-refractivity contribution in [2.75, 3.05) is 13.1 Å². The van der Waals surface area contributed by atoms with Gasteiger partial charge in [0.2, 0.25) is 0 Å². The third-order valence-electron chi connectivity index (χ3n) is 8.86. The highest BCUT2D eigenvalue weighted by Gasteiger charge is 2.43. The van der Waals surface area contributed by atoms with Gasteiger partial charge in [0.05, 0.1) is 18.2 Å². The van der Waals surface area contributed by atoms with Crippen LogP contribution in [0.5, 0.6) is 0 Å². The van der Waals surface area contributed by atoms with Crippen LogP contribution in [-0.2, 0) is 6.42 Å². The number of aliphatic hydroxyl groups excluding tert-OH is 1. The number of aliphatic hydroxyl groups is 1. The number of fused-ring (bicyclic) bond motifs is 1. The first-order valence-electron chi connectivity index (χ1n) is 13.6. The molecule has 0 spiro atoms. The van der Waals surface area contributed by atoms with Crippen molar-refractivity contribution in [1.29, 1.82) is 0 Å². The molecule has 3 aliphatic rings. The van der Waals surface area contributed by atoms with E-state index in [2.05, 4.69) is 9.78 Å². The van der Waals surface area contributed by atoms with Crippen LogP contribution in [0.1, 0.15) is 59.3 Å². The molecule has 3 fully saturated rings. The van der Waals surface area contributed by atoms with Crippen molar-refractivity contribution in [2.24, 2.45) is 11.8 Å². The maximum Gasteiger partial charge on any atom is 0.407 e. The maximum absolute atomic E-state index is 13.2. The van der Waals surface area contributed by atoms with Gasteiger partial charge >= 0.3 is 6.09 Å². The molecule has 5 atom stereocenters. The van der Waals surface area contributed by atoms with Gasteiger partial charge in [-0.3, -0.25) is 14.4 Å². The predicted molar refractivity (Wildman–Crippen MR) is 142 cm³/mol. The molecule has 2 saturated heterocycles. The van der Waals surface area contributed by atoms with Crippen molar-refractivity contribution in [3.8, 4) is 0 Å². The zero-order chi connectivity index (χ0) is 26.2. The van der Waals surface area contributed by atoms with Crippen LogP contribution >= 0.6 is 0 Å². The molecule has 8 nitrogen and oxygen atoms in total. The highest BCUT2D eigenvalue weighted by molar-refractivity contribution is 5.94. The van der Waals surface area contributed by atoms with E-state index in [4.69, 9.17) is 0 Å². The third kappa shape index (κ3) is 4.69. The van der Waals surface area contributed by atoms with E-state index in [1.165, 1.54) is 4.90 Å². The summed E-state index contributed by atoms with van der Waals surface area (Å²) < 4.78 is 2.06. The lowest BCUT2D eigenvalue weighted by Gasteiger charge is -2.31. The SMILES string of the molecule is O=C(c1ccc(C[C@@H]2CC[C@H](C(O)c3ccccc3)N2C(=O)O)cc1)N1CC2CC(n3cccn3)CC2C1. The van der Waals surface area contributed by atoms with Crippen molar-refractivity contribution < 1.29 is 19.8 Å². The van der Waals surface area contributed by atoms with Crippen molar-refractivity contribution in [1.82, 2.24) is 19.6 Å². The topological polar surface area (TPSA) is 98.9 Å². The second kappa shape index (κ2) is 10.3. The van der Waals surface area contributed by atoms with E-state index in [-0.39, 0.29) is 11.9 Å². The van der Waals surface area contributed by atoms with Crippen molar-refractivity contribution in [3.63, 3.8) is 0 Å². The summed E-state index contributed by atoms with van der Waals surface area (Å²) in [5, 5.41) is 25.3. The fourth-order valence-electron chi connectivity index (χ4n) is 6.98. The Bertz CT molecular complexity index is 1250. The number of rotatable bonds is 6. The minimum Gasteiger partial charge on any atom is -0.465 e. The van der Waals surface area contributed by atoms with Gasteiger partial charge in [-0.1, -0.05) is 42.5 Å². The molecular formula is C30H34N4O4. The first-order valence-corrected chi connectivity index (χ1v) is 13.6. The summed E-state index contributed by atoms with van der Waals surface area (Å²) in [5.74, 6) is 1.12. The van der Waals surface area contributed by atoms with Crippen LogP contribution in [0.3, 0.4) is 0 Å². The highest BCUT2D eigenvalue weighted by atomic mass is 16.4. The minimum atomic E-state index is -1.01. The summed E-state index contributed by atoms with van der Waals surface area (Å²) in [6, 6.07) is 18.6. The first kappa shape index (κ1) is 24.7. The number of aromatic nitrogens is 2. The highest BCUT2D eigenvalue weighted by Crippen LogP contribution is 2.44. The molecular weight excluding hydrogens is 480 g/mol. The average molecular weight is 515 g/mol. The summed E-state index contributed by atoms with van der Waals surface area (Å²) in [7, 11) is 0. The van der Waals surface area contributed by atoms with Crippen LogP contribution in [0.4, 0.5) is 4.79 Å². The summed E-state index contributed by atoms with van der Waals surface area (Å²) >= 11 is 0. The molecule has 1 saturated carbocycles. The second-order valence-corrected chi connectivity index (χ2v) is 11.1. The Morgan fingerprint density at radius 3 is 2.29 bits per heavy atom.